The monoisotopic (exact) mass is 313 g/mol. The van der Waals surface area contributed by atoms with E-state index in [2.05, 4.69) is 19.2 Å². The maximum atomic E-state index is 10.00. The first-order valence-corrected chi connectivity index (χ1v) is 7.75. The largest absolute Gasteiger partial charge is 0.389 e. The summed E-state index contributed by atoms with van der Waals surface area (Å²) < 4.78 is 11.1. The Morgan fingerprint density at radius 1 is 1.52 bits per heavy atom. The van der Waals surface area contributed by atoms with Gasteiger partial charge in [-0.25, -0.2) is 0 Å². The van der Waals surface area contributed by atoms with Crippen LogP contribution in [0.25, 0.3) is 0 Å². The molecule has 0 saturated carbocycles. The number of hydrogen-bond donors (Lipinski definition) is 2. The van der Waals surface area contributed by atoms with Gasteiger partial charge in [-0.3, -0.25) is 0 Å². The normalized spacial score (nSPS) is 27.0. The second kappa shape index (κ2) is 7.56. The highest BCUT2D eigenvalue weighted by molar-refractivity contribution is 6.31. The minimum absolute atomic E-state index is 0.0658. The molecule has 5 heteroatoms. The van der Waals surface area contributed by atoms with E-state index in [1.54, 1.807) is 0 Å². The Balaban J connectivity index is 1.68. The number of rotatable bonds is 7. The number of β-amino-alcohol motifs (C(OH)–C–C–N with tert-alkyl or cyclic N) is 1. The summed E-state index contributed by atoms with van der Waals surface area (Å²) >= 11 is 6.05. The maximum absolute atomic E-state index is 10.00. The molecule has 2 rings (SSSR count). The molecule has 118 valence electrons. The highest BCUT2D eigenvalue weighted by atomic mass is 35.5. The van der Waals surface area contributed by atoms with Gasteiger partial charge in [0.05, 0.1) is 25.4 Å². The van der Waals surface area contributed by atoms with Crippen LogP contribution in [0, 0.1) is 0 Å². The van der Waals surface area contributed by atoms with Crippen molar-refractivity contribution in [1.82, 2.24) is 5.32 Å². The van der Waals surface area contributed by atoms with Crippen LogP contribution in [-0.4, -0.2) is 42.6 Å². The molecule has 1 aliphatic heterocycles. The van der Waals surface area contributed by atoms with Gasteiger partial charge in [-0.2, -0.15) is 0 Å². The maximum Gasteiger partial charge on any atom is 0.0898 e. The first-order chi connectivity index (χ1) is 10.0. The van der Waals surface area contributed by atoms with E-state index in [4.69, 9.17) is 21.1 Å². The van der Waals surface area contributed by atoms with Gasteiger partial charge in [0.1, 0.15) is 0 Å². The summed E-state index contributed by atoms with van der Waals surface area (Å²) in [7, 11) is 0. The summed E-state index contributed by atoms with van der Waals surface area (Å²) in [6, 6.07) is 7.56. The molecule has 0 aromatic heterocycles. The number of hydrogen-bond acceptors (Lipinski definition) is 4. The Kier molecular flexibility index (Phi) is 6.02. The van der Waals surface area contributed by atoms with Crippen LogP contribution in [0.5, 0.6) is 0 Å². The van der Waals surface area contributed by atoms with E-state index in [1.807, 2.05) is 24.3 Å². The molecule has 0 spiro atoms. The minimum atomic E-state index is -0.544. The molecule has 1 aromatic carbocycles. The third-order valence-corrected chi connectivity index (χ3v) is 4.52. The van der Waals surface area contributed by atoms with Gasteiger partial charge in [-0.05, 0) is 31.9 Å². The van der Waals surface area contributed by atoms with E-state index in [1.165, 1.54) is 0 Å². The Morgan fingerprint density at radius 2 is 2.29 bits per heavy atom. The Morgan fingerprint density at radius 3 is 2.95 bits per heavy atom. The van der Waals surface area contributed by atoms with E-state index in [0.717, 1.165) is 18.6 Å². The number of halogens is 1. The number of ether oxygens (including phenoxy) is 2. The molecule has 1 aromatic rings. The molecule has 0 bridgehead atoms. The first-order valence-electron chi connectivity index (χ1n) is 7.37. The Labute approximate surface area is 131 Å². The van der Waals surface area contributed by atoms with E-state index in [-0.39, 0.29) is 18.2 Å². The zero-order valence-electron chi connectivity index (χ0n) is 12.6. The SMILES string of the molecule is CC1OCCC1(C)NCC(O)COCc1ccccc1Cl. The average Bonchev–Trinajstić information content (AvgIpc) is 2.79. The molecule has 0 radical (unpaired) electrons. The van der Waals surface area contributed by atoms with Crippen molar-refractivity contribution in [3.63, 3.8) is 0 Å². The van der Waals surface area contributed by atoms with Crippen molar-refractivity contribution >= 4 is 11.6 Å². The van der Waals surface area contributed by atoms with Crippen LogP contribution in [0.4, 0.5) is 0 Å². The van der Waals surface area contributed by atoms with Crippen molar-refractivity contribution in [3.05, 3.63) is 34.9 Å². The lowest BCUT2D eigenvalue weighted by atomic mass is 9.94. The molecule has 0 aliphatic carbocycles. The molecular weight excluding hydrogens is 290 g/mol. The Bertz CT molecular complexity index is 457. The van der Waals surface area contributed by atoms with Crippen LogP contribution in [-0.2, 0) is 16.1 Å². The van der Waals surface area contributed by atoms with Crippen molar-refractivity contribution in [2.24, 2.45) is 0 Å². The summed E-state index contributed by atoms with van der Waals surface area (Å²) in [4.78, 5) is 0. The zero-order chi connectivity index (χ0) is 15.3. The number of aliphatic hydroxyl groups excluding tert-OH is 1. The lowest BCUT2D eigenvalue weighted by Crippen LogP contribution is -2.50. The van der Waals surface area contributed by atoms with Gasteiger partial charge in [0.2, 0.25) is 0 Å². The first kappa shape index (κ1) is 16.7. The second-order valence-electron chi connectivity index (χ2n) is 5.82. The van der Waals surface area contributed by atoms with E-state index >= 15 is 0 Å². The molecule has 4 nitrogen and oxygen atoms in total. The lowest BCUT2D eigenvalue weighted by Gasteiger charge is -2.30. The van der Waals surface area contributed by atoms with Crippen LogP contribution in [0.2, 0.25) is 5.02 Å². The highest BCUT2D eigenvalue weighted by Crippen LogP contribution is 2.24. The predicted molar refractivity (Wildman–Crippen MR) is 83.6 cm³/mol. The van der Waals surface area contributed by atoms with Crippen molar-refractivity contribution in [2.45, 2.75) is 44.6 Å². The molecule has 1 saturated heterocycles. The van der Waals surface area contributed by atoms with E-state index in [0.29, 0.717) is 18.2 Å². The van der Waals surface area contributed by atoms with Crippen molar-refractivity contribution in [3.8, 4) is 0 Å². The molecule has 2 N–H and O–H groups in total. The third kappa shape index (κ3) is 4.66. The molecule has 1 aliphatic rings. The number of nitrogens with one attached hydrogen (secondary N) is 1. The molecule has 1 fully saturated rings. The van der Waals surface area contributed by atoms with E-state index in [9.17, 15) is 5.11 Å². The standard InChI is InChI=1S/C16H24ClNO3/c1-12-16(2,7-8-21-12)18-9-14(19)11-20-10-13-5-3-4-6-15(13)17/h3-6,12,14,18-19H,7-11H2,1-2H3. The highest BCUT2D eigenvalue weighted by Gasteiger charge is 2.36. The fourth-order valence-corrected chi connectivity index (χ4v) is 2.59. The molecular formula is C16H24ClNO3. The van der Waals surface area contributed by atoms with Gasteiger partial charge < -0.3 is 19.9 Å². The summed E-state index contributed by atoms with van der Waals surface area (Å²) in [5.74, 6) is 0. The summed E-state index contributed by atoms with van der Waals surface area (Å²) in [5, 5.41) is 14.1. The fraction of sp³-hybridized carbons (Fsp3) is 0.625. The third-order valence-electron chi connectivity index (χ3n) is 4.15. The molecule has 3 atom stereocenters. The van der Waals surface area contributed by atoms with Crippen molar-refractivity contribution < 1.29 is 14.6 Å². The average molecular weight is 314 g/mol. The van der Waals surface area contributed by atoms with Gasteiger partial charge in [-0.1, -0.05) is 29.8 Å². The van der Waals surface area contributed by atoms with Gasteiger partial charge >= 0.3 is 0 Å². The van der Waals surface area contributed by atoms with Crippen LogP contribution in [0.15, 0.2) is 24.3 Å². The fourth-order valence-electron chi connectivity index (χ4n) is 2.40. The number of benzene rings is 1. The summed E-state index contributed by atoms with van der Waals surface area (Å²) in [6.45, 7) is 6.13. The zero-order valence-corrected chi connectivity index (χ0v) is 13.4. The topological polar surface area (TPSA) is 50.7 Å². The van der Waals surface area contributed by atoms with Gasteiger partial charge in [-0.15, -0.1) is 0 Å². The Hall–Kier alpha value is -0.650. The molecule has 1 heterocycles. The number of aliphatic hydroxyl groups is 1. The smallest absolute Gasteiger partial charge is 0.0898 e. The quantitative estimate of drug-likeness (QED) is 0.811. The summed E-state index contributed by atoms with van der Waals surface area (Å²) in [6.07, 6.45) is 0.576. The van der Waals surface area contributed by atoms with Crippen LogP contribution in [0.3, 0.4) is 0 Å². The van der Waals surface area contributed by atoms with Gasteiger partial charge in [0, 0.05) is 23.7 Å². The van der Waals surface area contributed by atoms with Crippen molar-refractivity contribution in [1.29, 1.82) is 0 Å². The van der Waals surface area contributed by atoms with Gasteiger partial charge in [0.25, 0.3) is 0 Å². The second-order valence-corrected chi connectivity index (χ2v) is 6.23. The molecule has 21 heavy (non-hydrogen) atoms. The van der Waals surface area contributed by atoms with Crippen LogP contribution < -0.4 is 5.32 Å². The lowest BCUT2D eigenvalue weighted by molar-refractivity contribution is 0.0209. The van der Waals surface area contributed by atoms with Gasteiger partial charge in [0.15, 0.2) is 0 Å². The van der Waals surface area contributed by atoms with Crippen LogP contribution in [0.1, 0.15) is 25.8 Å². The summed E-state index contributed by atoms with van der Waals surface area (Å²) in [5.41, 5.74) is 0.869. The van der Waals surface area contributed by atoms with Crippen molar-refractivity contribution in [2.75, 3.05) is 19.8 Å². The van der Waals surface area contributed by atoms with Crippen LogP contribution >= 0.6 is 11.6 Å². The molecule has 3 unspecified atom stereocenters. The predicted octanol–water partition coefficient (Wildman–Crippen LogP) is 2.37. The minimum Gasteiger partial charge on any atom is -0.389 e. The molecule has 0 amide bonds. The van der Waals surface area contributed by atoms with E-state index < -0.39 is 6.10 Å².